The molecular formula is C35H43N3O5. The van der Waals surface area contributed by atoms with E-state index in [0.29, 0.717) is 18.4 Å². The van der Waals surface area contributed by atoms with E-state index in [1.807, 2.05) is 19.1 Å². The number of likely N-dealkylation sites (tertiary alicyclic amines) is 1. The number of imide groups is 1. The van der Waals surface area contributed by atoms with Gasteiger partial charge in [0.15, 0.2) is 5.78 Å². The van der Waals surface area contributed by atoms with E-state index in [0.717, 1.165) is 93.4 Å². The molecule has 2 fully saturated rings. The monoisotopic (exact) mass is 585 g/mol. The van der Waals surface area contributed by atoms with Crippen molar-refractivity contribution in [3.8, 4) is 0 Å². The van der Waals surface area contributed by atoms with Crippen molar-refractivity contribution in [2.45, 2.75) is 83.2 Å². The SMILES string of the molecule is C=C1CC=CC2=C(C1)NC(=O)OC21CCN(CCCCCc2cccc(C(=O)C(=C)C3CCC(=O)NC3=O)c2CC)CC1. The molecule has 1 atom stereocenters. The number of aryl methyl sites for hydroxylation is 1. The van der Waals surface area contributed by atoms with Gasteiger partial charge < -0.3 is 9.64 Å². The van der Waals surface area contributed by atoms with Crippen LogP contribution in [-0.2, 0) is 27.2 Å². The Balaban J connectivity index is 1.11. The minimum absolute atomic E-state index is 0.206. The molecule has 0 aromatic heterocycles. The van der Waals surface area contributed by atoms with Crippen LogP contribution in [0.5, 0.6) is 0 Å². The zero-order chi connectivity index (χ0) is 30.6. The van der Waals surface area contributed by atoms with E-state index < -0.39 is 17.4 Å². The summed E-state index contributed by atoms with van der Waals surface area (Å²) in [7, 11) is 0. The van der Waals surface area contributed by atoms with Gasteiger partial charge in [0.1, 0.15) is 5.60 Å². The number of Topliss-reactive ketones (excluding diaryl/α,β-unsaturated/α-hetero) is 1. The molecule has 1 aromatic carbocycles. The second-order valence-electron chi connectivity index (χ2n) is 12.2. The average Bonchev–Trinajstić information content (AvgIpc) is 3.18. The molecule has 3 amide bonds. The average molecular weight is 586 g/mol. The number of ether oxygens (including phenoxy) is 1. The van der Waals surface area contributed by atoms with Crippen molar-refractivity contribution in [1.82, 2.24) is 15.5 Å². The minimum Gasteiger partial charge on any atom is -0.438 e. The first kappa shape index (κ1) is 30.7. The third-order valence-electron chi connectivity index (χ3n) is 9.38. The van der Waals surface area contributed by atoms with Crippen LogP contribution < -0.4 is 10.6 Å². The van der Waals surface area contributed by atoms with Crippen LogP contribution in [-0.4, -0.2) is 53.8 Å². The predicted molar refractivity (Wildman–Crippen MR) is 165 cm³/mol. The number of ketones is 1. The molecule has 0 saturated carbocycles. The van der Waals surface area contributed by atoms with Gasteiger partial charge in [-0.25, -0.2) is 4.79 Å². The first-order valence-electron chi connectivity index (χ1n) is 15.7. The highest BCUT2D eigenvalue weighted by molar-refractivity contribution is 6.14. The smallest absolute Gasteiger partial charge is 0.412 e. The van der Waals surface area contributed by atoms with E-state index in [9.17, 15) is 19.2 Å². The minimum atomic E-state index is -0.660. The molecule has 1 aliphatic carbocycles. The van der Waals surface area contributed by atoms with E-state index >= 15 is 0 Å². The van der Waals surface area contributed by atoms with E-state index in [2.05, 4.69) is 46.9 Å². The number of alkyl carbamates (subject to hydrolysis) is 1. The Kier molecular flexibility index (Phi) is 9.45. The zero-order valence-electron chi connectivity index (χ0n) is 25.3. The lowest BCUT2D eigenvalue weighted by atomic mass is 9.81. The van der Waals surface area contributed by atoms with Crippen molar-refractivity contribution < 1.29 is 23.9 Å². The molecule has 0 radical (unpaired) electrons. The summed E-state index contributed by atoms with van der Waals surface area (Å²) in [5.74, 6) is -1.60. The maximum atomic E-state index is 13.4. The summed E-state index contributed by atoms with van der Waals surface area (Å²) in [6.45, 7) is 12.9. The fraction of sp³-hybridized carbons (Fsp3) is 0.486. The van der Waals surface area contributed by atoms with Gasteiger partial charge in [-0.1, -0.05) is 62.4 Å². The van der Waals surface area contributed by atoms with Gasteiger partial charge in [-0.05, 0) is 56.2 Å². The first-order valence-corrected chi connectivity index (χ1v) is 15.7. The summed E-state index contributed by atoms with van der Waals surface area (Å²) in [6, 6.07) is 5.83. The lowest BCUT2D eigenvalue weighted by Crippen LogP contribution is -2.53. The molecule has 1 spiro atoms. The van der Waals surface area contributed by atoms with Gasteiger partial charge in [0.05, 0.1) is 5.92 Å². The van der Waals surface area contributed by atoms with Gasteiger partial charge in [-0.15, -0.1) is 0 Å². The first-order chi connectivity index (χ1) is 20.7. The molecule has 3 aliphatic heterocycles. The summed E-state index contributed by atoms with van der Waals surface area (Å²) in [4.78, 5) is 52.1. The van der Waals surface area contributed by atoms with Gasteiger partial charge in [-0.2, -0.15) is 0 Å². The summed E-state index contributed by atoms with van der Waals surface area (Å²) < 4.78 is 5.94. The number of hydrogen-bond donors (Lipinski definition) is 2. The molecule has 0 bridgehead atoms. The standard InChI is InChI=1S/C35H43N3O5/c1-4-26-25(12-9-13-28(26)32(40)24(3)27-15-16-31(39)37-33(27)41)11-6-5-7-19-38-20-17-35(18-21-38)29-14-8-10-23(2)22-30(29)36-34(42)43-35/h8-9,12-14,27H,2-7,10-11,15-22H2,1H3,(H,36,42)(H,37,39,41). The lowest BCUT2D eigenvalue weighted by molar-refractivity contribution is -0.135. The Labute approximate surface area is 254 Å². The molecule has 4 aliphatic rings. The number of carbonyl (C=O) groups excluding carboxylic acids is 4. The third-order valence-corrected chi connectivity index (χ3v) is 9.38. The van der Waals surface area contributed by atoms with E-state index in [1.54, 1.807) is 0 Å². The summed E-state index contributed by atoms with van der Waals surface area (Å²) in [5.41, 5.74) is 5.66. The zero-order valence-corrected chi connectivity index (χ0v) is 25.3. The Hall–Kier alpha value is -3.78. The number of allylic oxidation sites excluding steroid dienone is 2. The van der Waals surface area contributed by atoms with Crippen molar-refractivity contribution >= 4 is 23.7 Å². The topological polar surface area (TPSA) is 105 Å². The normalized spacial score (nSPS) is 22.0. The highest BCUT2D eigenvalue weighted by Crippen LogP contribution is 2.41. The second kappa shape index (κ2) is 13.2. The van der Waals surface area contributed by atoms with Crippen LogP contribution in [0.15, 0.2) is 65.9 Å². The number of carbonyl (C=O) groups is 4. The van der Waals surface area contributed by atoms with Crippen molar-refractivity contribution in [2.24, 2.45) is 5.92 Å². The quantitative estimate of drug-likeness (QED) is 0.124. The van der Waals surface area contributed by atoms with Crippen LogP contribution in [0.2, 0.25) is 0 Å². The molecule has 5 rings (SSSR count). The second-order valence-corrected chi connectivity index (χ2v) is 12.2. The van der Waals surface area contributed by atoms with Crippen LogP contribution in [0.25, 0.3) is 0 Å². The van der Waals surface area contributed by atoms with E-state index in [4.69, 9.17) is 4.74 Å². The van der Waals surface area contributed by atoms with Crippen molar-refractivity contribution in [2.75, 3.05) is 19.6 Å². The Morgan fingerprint density at radius 3 is 2.65 bits per heavy atom. The largest absolute Gasteiger partial charge is 0.438 e. The number of rotatable bonds is 10. The maximum absolute atomic E-state index is 13.4. The molecule has 8 nitrogen and oxygen atoms in total. The van der Waals surface area contributed by atoms with Crippen LogP contribution in [0.1, 0.15) is 86.2 Å². The Bertz CT molecular complexity index is 1400. The number of nitrogens with one attached hydrogen (secondary N) is 2. The molecule has 2 saturated heterocycles. The number of benzene rings is 1. The van der Waals surface area contributed by atoms with Gasteiger partial charge in [0.2, 0.25) is 11.8 Å². The van der Waals surface area contributed by atoms with Gasteiger partial charge >= 0.3 is 6.09 Å². The Morgan fingerprint density at radius 1 is 1.12 bits per heavy atom. The molecule has 1 unspecified atom stereocenters. The molecule has 1 aromatic rings. The van der Waals surface area contributed by atoms with Crippen LogP contribution >= 0.6 is 0 Å². The number of fused-ring (bicyclic) bond motifs is 1. The van der Waals surface area contributed by atoms with Gasteiger partial charge in [0.25, 0.3) is 0 Å². The molecule has 3 heterocycles. The molecular weight excluding hydrogens is 542 g/mol. The number of hydrogen-bond acceptors (Lipinski definition) is 6. The summed E-state index contributed by atoms with van der Waals surface area (Å²) in [6.07, 6.45) is 12.3. The van der Waals surface area contributed by atoms with Crippen LogP contribution in [0, 0.1) is 5.92 Å². The van der Waals surface area contributed by atoms with Crippen molar-refractivity contribution in [3.63, 3.8) is 0 Å². The van der Waals surface area contributed by atoms with E-state index in [-0.39, 0.29) is 29.8 Å². The third kappa shape index (κ3) is 6.74. The number of piperidine rings is 2. The molecule has 2 N–H and O–H groups in total. The predicted octanol–water partition coefficient (Wildman–Crippen LogP) is 5.49. The van der Waals surface area contributed by atoms with Gasteiger partial charge in [-0.3, -0.25) is 25.0 Å². The van der Waals surface area contributed by atoms with Crippen molar-refractivity contribution in [1.29, 1.82) is 0 Å². The van der Waals surface area contributed by atoms with Crippen molar-refractivity contribution in [3.05, 3.63) is 82.6 Å². The number of unbranched alkanes of at least 4 members (excludes halogenated alkanes) is 2. The van der Waals surface area contributed by atoms with Crippen LogP contribution in [0.3, 0.4) is 0 Å². The molecule has 228 valence electrons. The highest BCUT2D eigenvalue weighted by Gasteiger charge is 2.45. The fourth-order valence-corrected chi connectivity index (χ4v) is 6.97. The summed E-state index contributed by atoms with van der Waals surface area (Å²) in [5, 5.41) is 5.24. The fourth-order valence-electron chi connectivity index (χ4n) is 6.97. The van der Waals surface area contributed by atoms with Crippen LogP contribution in [0.4, 0.5) is 4.79 Å². The van der Waals surface area contributed by atoms with Gasteiger partial charge in [0, 0.05) is 61.2 Å². The molecule has 8 heteroatoms. The lowest BCUT2D eigenvalue weighted by Gasteiger charge is -2.44. The number of amides is 3. The maximum Gasteiger partial charge on any atom is 0.412 e. The number of nitrogens with zero attached hydrogens (tertiary/aromatic N) is 1. The summed E-state index contributed by atoms with van der Waals surface area (Å²) >= 11 is 0. The Morgan fingerprint density at radius 2 is 1.91 bits per heavy atom. The van der Waals surface area contributed by atoms with E-state index in [1.165, 1.54) is 5.56 Å². The molecule has 43 heavy (non-hydrogen) atoms. The highest BCUT2D eigenvalue weighted by atomic mass is 16.6.